The minimum Gasteiger partial charge on any atom is -0.462 e. The first kappa shape index (κ1) is 64.9. The molecule has 6 heteroatoms. The van der Waals surface area contributed by atoms with Crippen molar-refractivity contribution >= 4 is 17.9 Å². The van der Waals surface area contributed by atoms with Crippen LogP contribution >= 0.6 is 0 Å². The van der Waals surface area contributed by atoms with Gasteiger partial charge in [0, 0.05) is 19.3 Å². The number of hydrogen-bond donors (Lipinski definition) is 0. The summed E-state index contributed by atoms with van der Waals surface area (Å²) in [6.45, 7) is 6.67. The Morgan fingerprint density at radius 3 is 0.761 bits per heavy atom. The summed E-state index contributed by atoms with van der Waals surface area (Å²) in [6.07, 6.45) is 66.0. The van der Waals surface area contributed by atoms with E-state index in [0.717, 1.165) is 57.8 Å². The second-order valence-electron chi connectivity index (χ2n) is 20.3. The maximum Gasteiger partial charge on any atom is 0.306 e. The summed E-state index contributed by atoms with van der Waals surface area (Å²) in [5.41, 5.74) is 0. The molecule has 0 rings (SSSR count). The fraction of sp³-hybridized carbons (Fsp3) is 0.885. The maximum absolute atomic E-state index is 12.8. The summed E-state index contributed by atoms with van der Waals surface area (Å²) in [4.78, 5) is 38.2. The van der Waals surface area contributed by atoms with Crippen molar-refractivity contribution in [3.8, 4) is 0 Å². The monoisotopic (exact) mass is 943 g/mol. The summed E-state index contributed by atoms with van der Waals surface area (Å²) < 4.78 is 16.9. The summed E-state index contributed by atoms with van der Waals surface area (Å²) in [5.74, 6) is -0.852. The van der Waals surface area contributed by atoms with Crippen LogP contribution in [0.4, 0.5) is 0 Å². The minimum atomic E-state index is -0.769. The molecule has 0 aliphatic carbocycles. The third kappa shape index (κ3) is 54.7. The largest absolute Gasteiger partial charge is 0.462 e. The molecule has 1 atom stereocenters. The lowest BCUT2D eigenvalue weighted by atomic mass is 10.0. The van der Waals surface area contributed by atoms with E-state index >= 15 is 0 Å². The van der Waals surface area contributed by atoms with Crippen LogP contribution in [0.3, 0.4) is 0 Å². The summed E-state index contributed by atoms with van der Waals surface area (Å²) in [5, 5.41) is 0. The Labute approximate surface area is 417 Å². The Morgan fingerprint density at radius 2 is 0.493 bits per heavy atom. The van der Waals surface area contributed by atoms with Gasteiger partial charge in [-0.2, -0.15) is 0 Å². The molecule has 6 nitrogen and oxygen atoms in total. The molecule has 0 radical (unpaired) electrons. The summed E-state index contributed by atoms with van der Waals surface area (Å²) in [6, 6.07) is 0. The van der Waals surface area contributed by atoms with Crippen molar-refractivity contribution in [2.75, 3.05) is 13.2 Å². The topological polar surface area (TPSA) is 78.9 Å². The van der Waals surface area contributed by atoms with E-state index < -0.39 is 6.10 Å². The fourth-order valence-electron chi connectivity index (χ4n) is 8.91. The second-order valence-corrected chi connectivity index (χ2v) is 20.3. The first-order chi connectivity index (χ1) is 33.0. The highest BCUT2D eigenvalue weighted by molar-refractivity contribution is 5.71. The molecular weight excluding hydrogens is 829 g/mol. The van der Waals surface area contributed by atoms with E-state index in [-0.39, 0.29) is 31.1 Å². The van der Waals surface area contributed by atoms with Crippen molar-refractivity contribution in [2.45, 2.75) is 335 Å². The molecule has 0 amide bonds. The predicted molar refractivity (Wildman–Crippen MR) is 289 cm³/mol. The van der Waals surface area contributed by atoms with E-state index in [9.17, 15) is 14.4 Å². The first-order valence-corrected chi connectivity index (χ1v) is 29.8. The molecule has 394 valence electrons. The minimum absolute atomic E-state index is 0.0683. The predicted octanol–water partition coefficient (Wildman–Crippen LogP) is 19.9. The molecule has 0 fully saturated rings. The lowest BCUT2D eigenvalue weighted by Crippen LogP contribution is -2.30. The number of carbonyl (C=O) groups is 3. The van der Waals surface area contributed by atoms with Gasteiger partial charge in [0.15, 0.2) is 6.10 Å². The van der Waals surface area contributed by atoms with Crippen LogP contribution in [0.5, 0.6) is 0 Å². The molecule has 0 unspecified atom stereocenters. The number of ether oxygens (including phenoxy) is 3. The number of hydrogen-bond acceptors (Lipinski definition) is 6. The average Bonchev–Trinajstić information content (AvgIpc) is 3.33. The normalized spacial score (nSPS) is 12.1. The first-order valence-electron chi connectivity index (χ1n) is 29.8. The Hall–Kier alpha value is -2.11. The summed E-state index contributed by atoms with van der Waals surface area (Å²) in [7, 11) is 0. The highest BCUT2D eigenvalue weighted by atomic mass is 16.6. The highest BCUT2D eigenvalue weighted by Crippen LogP contribution is 2.17. The Bertz CT molecular complexity index is 1080. The molecule has 0 saturated carbocycles. The van der Waals surface area contributed by atoms with Gasteiger partial charge in [-0.3, -0.25) is 14.4 Å². The third-order valence-corrected chi connectivity index (χ3v) is 13.4. The molecule has 0 bridgehead atoms. The van der Waals surface area contributed by atoms with Gasteiger partial charge in [-0.25, -0.2) is 0 Å². The second kappa shape index (κ2) is 56.5. The molecule has 0 heterocycles. The van der Waals surface area contributed by atoms with E-state index in [0.29, 0.717) is 19.3 Å². The van der Waals surface area contributed by atoms with Crippen molar-refractivity contribution in [3.05, 3.63) is 24.3 Å². The van der Waals surface area contributed by atoms with Crippen molar-refractivity contribution in [1.82, 2.24) is 0 Å². The van der Waals surface area contributed by atoms with Crippen molar-refractivity contribution in [3.63, 3.8) is 0 Å². The van der Waals surface area contributed by atoms with E-state index in [2.05, 4.69) is 45.1 Å². The lowest BCUT2D eigenvalue weighted by molar-refractivity contribution is -0.167. The van der Waals surface area contributed by atoms with Gasteiger partial charge < -0.3 is 14.2 Å². The highest BCUT2D eigenvalue weighted by Gasteiger charge is 2.19. The zero-order chi connectivity index (χ0) is 48.6. The molecule has 0 aromatic carbocycles. The van der Waals surface area contributed by atoms with Crippen LogP contribution in [0.2, 0.25) is 0 Å². The third-order valence-electron chi connectivity index (χ3n) is 13.4. The number of esters is 3. The van der Waals surface area contributed by atoms with Gasteiger partial charge in [0.1, 0.15) is 13.2 Å². The zero-order valence-electron chi connectivity index (χ0n) is 45.2. The van der Waals surface area contributed by atoms with Crippen LogP contribution in [0.15, 0.2) is 24.3 Å². The van der Waals surface area contributed by atoms with Gasteiger partial charge in [0.25, 0.3) is 0 Å². The zero-order valence-corrected chi connectivity index (χ0v) is 45.2. The van der Waals surface area contributed by atoms with Gasteiger partial charge in [0.05, 0.1) is 0 Å². The molecule has 0 aromatic rings. The molecule has 0 saturated heterocycles. The van der Waals surface area contributed by atoms with Crippen LogP contribution in [-0.2, 0) is 28.6 Å². The van der Waals surface area contributed by atoms with Gasteiger partial charge in [-0.1, -0.05) is 263 Å². The van der Waals surface area contributed by atoms with E-state index in [1.54, 1.807) is 0 Å². The van der Waals surface area contributed by atoms with E-state index in [1.807, 2.05) is 0 Å². The van der Waals surface area contributed by atoms with Gasteiger partial charge in [0.2, 0.25) is 0 Å². The van der Waals surface area contributed by atoms with E-state index in [1.165, 1.54) is 231 Å². The molecule has 0 aliphatic heterocycles. The van der Waals surface area contributed by atoms with Crippen LogP contribution in [0, 0.1) is 0 Å². The van der Waals surface area contributed by atoms with Gasteiger partial charge >= 0.3 is 17.9 Å². The Balaban J connectivity index is 4.27. The Kier molecular flexibility index (Phi) is 54.7. The molecule has 0 N–H and O–H groups in total. The van der Waals surface area contributed by atoms with Gasteiger partial charge in [-0.15, -0.1) is 0 Å². The SMILES string of the molecule is CCCCCC/C=C\CCCCCCCCCC(=O)OC[C@@H](COC(=O)CCCCCCCCCCCCC/C=C\CCCCCCCC)OC(=O)CCCCCCCCCCCCCCC. The lowest BCUT2D eigenvalue weighted by Gasteiger charge is -2.18. The summed E-state index contributed by atoms with van der Waals surface area (Å²) >= 11 is 0. The maximum atomic E-state index is 12.8. The van der Waals surface area contributed by atoms with Crippen LogP contribution in [0.1, 0.15) is 329 Å². The number of unbranched alkanes of at least 4 members (excludes halogenated alkanes) is 40. The van der Waals surface area contributed by atoms with Crippen molar-refractivity contribution < 1.29 is 28.6 Å². The molecule has 67 heavy (non-hydrogen) atoms. The smallest absolute Gasteiger partial charge is 0.306 e. The molecule has 0 aromatic heterocycles. The number of rotatable bonds is 55. The van der Waals surface area contributed by atoms with Gasteiger partial charge in [-0.05, 0) is 70.6 Å². The van der Waals surface area contributed by atoms with Crippen LogP contribution in [-0.4, -0.2) is 37.2 Å². The van der Waals surface area contributed by atoms with Crippen LogP contribution in [0.25, 0.3) is 0 Å². The Morgan fingerprint density at radius 1 is 0.284 bits per heavy atom. The van der Waals surface area contributed by atoms with Crippen LogP contribution < -0.4 is 0 Å². The molecular formula is C61H114O6. The van der Waals surface area contributed by atoms with Crippen molar-refractivity contribution in [1.29, 1.82) is 0 Å². The molecule has 0 spiro atoms. The molecule has 0 aliphatic rings. The standard InChI is InChI=1S/C61H114O6/c1-4-7-10-13-16-19-22-25-27-28-29-30-31-32-34-37-39-42-45-48-51-54-60(63)66-57-58(67-61(64)55-52-49-46-43-40-35-24-21-18-15-12-9-6-3)56-65-59(62)53-50-47-44-41-38-36-33-26-23-20-17-14-11-8-5-2/h20,23,25,27,58H,4-19,21-22,24,26,28-57H2,1-3H3/b23-20-,27-25-/t58-/m0/s1. The number of carbonyl (C=O) groups excluding carboxylic acids is 3. The van der Waals surface area contributed by atoms with E-state index in [4.69, 9.17) is 14.2 Å². The fourth-order valence-corrected chi connectivity index (χ4v) is 8.91. The average molecular weight is 944 g/mol. The quantitative estimate of drug-likeness (QED) is 0.0262. The number of allylic oxidation sites excluding steroid dienone is 4. The van der Waals surface area contributed by atoms with Crippen molar-refractivity contribution in [2.24, 2.45) is 0 Å².